The zero-order valence-electron chi connectivity index (χ0n) is 20.2. The zero-order chi connectivity index (χ0) is 26.8. The second kappa shape index (κ2) is 10.6. The lowest BCUT2D eigenvalue weighted by Crippen LogP contribution is -2.50. The normalized spacial score (nSPS) is 19.0. The number of rotatable bonds is 8. The maximum atomic E-state index is 14.8. The smallest absolute Gasteiger partial charge is 0.280 e. The number of nitrogens with zero attached hydrogens (tertiary/aromatic N) is 2. The lowest BCUT2D eigenvalue weighted by Gasteiger charge is -2.40. The number of hydrazone groups is 1. The first-order valence-corrected chi connectivity index (χ1v) is 12.3. The Morgan fingerprint density at radius 2 is 1.59 bits per heavy atom. The highest BCUT2D eigenvalue weighted by molar-refractivity contribution is 8.15. The summed E-state index contributed by atoms with van der Waals surface area (Å²) in [6.07, 6.45) is 0.696. The lowest BCUT2D eigenvalue weighted by atomic mass is 9.92. The van der Waals surface area contributed by atoms with Crippen LogP contribution < -0.4 is 5.73 Å². The average molecular weight is 532 g/mol. The summed E-state index contributed by atoms with van der Waals surface area (Å²) in [5.41, 5.74) is 4.94. The molecule has 1 amide bonds. The van der Waals surface area contributed by atoms with E-state index in [9.17, 15) is 22.4 Å². The second-order valence-corrected chi connectivity index (χ2v) is 9.94. The molecule has 3 aromatic rings. The van der Waals surface area contributed by atoms with Gasteiger partial charge in [-0.05, 0) is 79.9 Å². The van der Waals surface area contributed by atoms with E-state index in [0.29, 0.717) is 17.5 Å². The van der Waals surface area contributed by atoms with Crippen LogP contribution in [0.25, 0.3) is 0 Å². The van der Waals surface area contributed by atoms with Crippen molar-refractivity contribution in [2.45, 2.75) is 30.2 Å². The number of benzene rings is 3. The Morgan fingerprint density at radius 3 is 2.19 bits per heavy atom. The van der Waals surface area contributed by atoms with Gasteiger partial charge in [0.25, 0.3) is 5.91 Å². The molecule has 1 aliphatic heterocycles. The van der Waals surface area contributed by atoms with Gasteiger partial charge in [-0.15, -0.1) is 0 Å². The Balaban J connectivity index is 1.92. The Kier molecular flexibility index (Phi) is 7.72. The molecule has 0 fully saturated rings. The Morgan fingerprint density at radius 1 is 1.00 bits per heavy atom. The molecule has 3 aromatic carbocycles. The first-order valence-electron chi connectivity index (χ1n) is 11.5. The number of carbonyl (C=O) groups is 1. The van der Waals surface area contributed by atoms with E-state index in [4.69, 9.17) is 10.5 Å². The van der Waals surface area contributed by atoms with Crippen LogP contribution in [0.3, 0.4) is 0 Å². The monoisotopic (exact) mass is 531 g/mol. The molecule has 0 bridgehead atoms. The molecule has 0 spiro atoms. The number of thioether (sulfide) groups is 1. The SMILES string of the molecule is CO[C@](C)(C(=O)N1N=C(c2cc(F)ccc2F)SC1(CCCN)c1ccc(F)cc1)c1ccc(F)cc1. The highest BCUT2D eigenvalue weighted by atomic mass is 32.2. The molecule has 5 nitrogen and oxygen atoms in total. The number of carbonyl (C=O) groups excluding carboxylic acids is 1. The number of methoxy groups -OCH3 is 1. The summed E-state index contributed by atoms with van der Waals surface area (Å²) in [7, 11) is 1.33. The molecule has 37 heavy (non-hydrogen) atoms. The van der Waals surface area contributed by atoms with E-state index in [1.165, 1.54) is 67.6 Å². The van der Waals surface area contributed by atoms with E-state index in [1.54, 1.807) is 0 Å². The fraction of sp³-hybridized carbons (Fsp3) is 0.259. The molecule has 1 unspecified atom stereocenters. The van der Waals surface area contributed by atoms with Crippen molar-refractivity contribution in [2.75, 3.05) is 13.7 Å². The molecule has 1 aliphatic rings. The van der Waals surface area contributed by atoms with Crippen molar-refractivity contribution in [1.29, 1.82) is 0 Å². The van der Waals surface area contributed by atoms with E-state index >= 15 is 0 Å². The maximum Gasteiger partial charge on any atom is 0.280 e. The number of nitrogens with two attached hydrogens (primary N) is 1. The summed E-state index contributed by atoms with van der Waals surface area (Å²) in [6, 6.07) is 13.8. The fourth-order valence-electron chi connectivity index (χ4n) is 4.21. The fourth-order valence-corrected chi connectivity index (χ4v) is 5.63. The summed E-state index contributed by atoms with van der Waals surface area (Å²) in [5, 5.41) is 5.72. The second-order valence-electron chi connectivity index (χ2n) is 8.68. The van der Waals surface area contributed by atoms with Crippen molar-refractivity contribution in [3.63, 3.8) is 0 Å². The summed E-state index contributed by atoms with van der Waals surface area (Å²) < 4.78 is 62.1. The minimum atomic E-state index is -1.62. The van der Waals surface area contributed by atoms with Crippen LogP contribution in [0, 0.1) is 23.3 Å². The van der Waals surface area contributed by atoms with E-state index < -0.39 is 39.6 Å². The Labute approximate surface area is 216 Å². The average Bonchev–Trinajstić information content (AvgIpc) is 3.29. The van der Waals surface area contributed by atoms with Crippen LogP contribution in [-0.4, -0.2) is 29.6 Å². The van der Waals surface area contributed by atoms with E-state index in [1.807, 2.05) is 0 Å². The van der Waals surface area contributed by atoms with Gasteiger partial charge in [-0.25, -0.2) is 22.6 Å². The van der Waals surface area contributed by atoms with Gasteiger partial charge in [0.15, 0.2) is 5.60 Å². The highest BCUT2D eigenvalue weighted by Gasteiger charge is 2.53. The van der Waals surface area contributed by atoms with Crippen LogP contribution in [0.2, 0.25) is 0 Å². The third-order valence-corrected chi connectivity index (χ3v) is 7.82. The first kappa shape index (κ1) is 26.8. The minimum absolute atomic E-state index is 0.0595. The predicted molar refractivity (Wildman–Crippen MR) is 134 cm³/mol. The maximum absolute atomic E-state index is 14.8. The number of hydrogen-bond donors (Lipinski definition) is 1. The van der Waals surface area contributed by atoms with Crippen LogP contribution in [0.15, 0.2) is 71.8 Å². The van der Waals surface area contributed by atoms with Crippen molar-refractivity contribution in [3.8, 4) is 0 Å². The van der Waals surface area contributed by atoms with Crippen LogP contribution in [0.5, 0.6) is 0 Å². The van der Waals surface area contributed by atoms with Gasteiger partial charge in [-0.2, -0.15) is 5.10 Å². The molecule has 2 N–H and O–H groups in total. The minimum Gasteiger partial charge on any atom is -0.364 e. The van der Waals surface area contributed by atoms with Crippen molar-refractivity contribution in [2.24, 2.45) is 10.8 Å². The van der Waals surface area contributed by atoms with Crippen LogP contribution in [0.1, 0.15) is 36.5 Å². The summed E-state index contributed by atoms with van der Waals surface area (Å²) in [4.78, 5) is 13.0. The molecule has 0 saturated heterocycles. The van der Waals surface area contributed by atoms with Gasteiger partial charge in [0.05, 0.1) is 0 Å². The molecule has 1 heterocycles. The van der Waals surface area contributed by atoms with Crippen molar-refractivity contribution in [3.05, 3.63) is 107 Å². The van der Waals surface area contributed by atoms with Gasteiger partial charge in [0, 0.05) is 12.7 Å². The third kappa shape index (κ3) is 5.01. The topological polar surface area (TPSA) is 67.9 Å². The largest absolute Gasteiger partial charge is 0.364 e. The Hall–Kier alpha value is -3.21. The van der Waals surface area contributed by atoms with Gasteiger partial charge in [0.2, 0.25) is 0 Å². The number of amides is 1. The van der Waals surface area contributed by atoms with Gasteiger partial charge >= 0.3 is 0 Å². The molecule has 194 valence electrons. The van der Waals surface area contributed by atoms with Crippen LogP contribution in [0.4, 0.5) is 17.6 Å². The van der Waals surface area contributed by atoms with Crippen molar-refractivity contribution in [1.82, 2.24) is 5.01 Å². The third-order valence-electron chi connectivity index (χ3n) is 6.38. The van der Waals surface area contributed by atoms with Gasteiger partial charge in [0.1, 0.15) is 33.2 Å². The zero-order valence-corrected chi connectivity index (χ0v) is 21.0. The van der Waals surface area contributed by atoms with E-state index in [2.05, 4.69) is 5.10 Å². The quantitative estimate of drug-likeness (QED) is 0.383. The molecule has 0 saturated carbocycles. The van der Waals surface area contributed by atoms with Crippen molar-refractivity contribution < 1.29 is 27.1 Å². The molecule has 10 heteroatoms. The molecule has 0 radical (unpaired) electrons. The molecule has 4 rings (SSSR count). The molecular formula is C27H25F4N3O2S. The Bertz CT molecular complexity index is 1320. The van der Waals surface area contributed by atoms with Crippen LogP contribution in [-0.2, 0) is 20.0 Å². The molecule has 0 aromatic heterocycles. The van der Waals surface area contributed by atoms with Gasteiger partial charge in [-0.3, -0.25) is 4.79 Å². The van der Waals surface area contributed by atoms with E-state index in [-0.39, 0.29) is 23.6 Å². The predicted octanol–water partition coefficient (Wildman–Crippen LogP) is 5.63. The first-order chi connectivity index (χ1) is 17.6. The van der Waals surface area contributed by atoms with Crippen LogP contribution >= 0.6 is 11.8 Å². The molecule has 0 aliphatic carbocycles. The molecule has 2 atom stereocenters. The highest BCUT2D eigenvalue weighted by Crippen LogP contribution is 2.52. The lowest BCUT2D eigenvalue weighted by molar-refractivity contribution is -0.158. The molecular weight excluding hydrogens is 506 g/mol. The summed E-state index contributed by atoms with van der Waals surface area (Å²) in [5.74, 6) is -3.00. The van der Waals surface area contributed by atoms with E-state index in [0.717, 1.165) is 30.0 Å². The number of ether oxygens (including phenoxy) is 1. The summed E-state index contributed by atoms with van der Waals surface area (Å²) in [6.45, 7) is 1.79. The summed E-state index contributed by atoms with van der Waals surface area (Å²) >= 11 is 1.05. The van der Waals surface area contributed by atoms with Gasteiger partial charge in [-0.1, -0.05) is 36.0 Å². The standard InChI is InChI=1S/C27H25F4N3O2S/c1-26(36-2,17-4-8-19(28)9-5-17)25(35)34-27(14-3-15-32,18-6-10-20(29)11-7-18)37-24(33-34)22-16-21(30)12-13-23(22)31/h4-13,16H,3,14-15,32H2,1-2H3/t26-,27?/m0/s1. The van der Waals surface area contributed by atoms with Crippen molar-refractivity contribution >= 4 is 22.7 Å². The number of hydrogen-bond acceptors (Lipinski definition) is 5. The van der Waals surface area contributed by atoms with Gasteiger partial charge < -0.3 is 10.5 Å². The number of halogens is 4.